The lowest BCUT2D eigenvalue weighted by Gasteiger charge is -2.28. The summed E-state index contributed by atoms with van der Waals surface area (Å²) in [5.74, 6) is -2.86. The number of fused-ring (bicyclic) bond motifs is 1. The molecule has 160 valence electrons. The summed E-state index contributed by atoms with van der Waals surface area (Å²) in [4.78, 5) is 50.8. The molecular weight excluding hydrogens is 420 g/mol. The Hall–Kier alpha value is -3.19. The molecule has 1 aliphatic heterocycles. The fourth-order valence-electron chi connectivity index (χ4n) is 4.34. The van der Waals surface area contributed by atoms with Crippen LogP contribution in [0.5, 0.6) is 0 Å². The SMILES string of the molecule is O=C(NC[C@@H]1CCCC[C@@H]1C(=O)O)c1ccc2c(c1)C(=O)N(c1ccccc1Cl)C2=O. The van der Waals surface area contributed by atoms with Gasteiger partial charge in [0.1, 0.15) is 0 Å². The molecule has 4 rings (SSSR count). The van der Waals surface area contributed by atoms with Gasteiger partial charge in [0.05, 0.1) is 27.8 Å². The summed E-state index contributed by atoms with van der Waals surface area (Å²) in [7, 11) is 0. The zero-order valence-corrected chi connectivity index (χ0v) is 17.4. The number of carbonyl (C=O) groups is 4. The average molecular weight is 441 g/mol. The number of carboxylic acids is 1. The summed E-state index contributed by atoms with van der Waals surface area (Å²) in [6.07, 6.45) is 3.19. The number of hydrogen-bond acceptors (Lipinski definition) is 4. The lowest BCUT2D eigenvalue weighted by atomic mass is 9.79. The minimum atomic E-state index is -0.833. The zero-order chi connectivity index (χ0) is 22.1. The number of carbonyl (C=O) groups excluding carboxylic acids is 3. The van der Waals surface area contributed by atoms with Gasteiger partial charge in [0.2, 0.25) is 0 Å². The highest BCUT2D eigenvalue weighted by Gasteiger charge is 2.38. The third-order valence-electron chi connectivity index (χ3n) is 5.99. The van der Waals surface area contributed by atoms with E-state index >= 15 is 0 Å². The van der Waals surface area contributed by atoms with Gasteiger partial charge in [-0.3, -0.25) is 19.2 Å². The van der Waals surface area contributed by atoms with Crippen LogP contribution in [0.15, 0.2) is 42.5 Å². The van der Waals surface area contributed by atoms with E-state index in [1.807, 2.05) is 0 Å². The summed E-state index contributed by atoms with van der Waals surface area (Å²) in [5.41, 5.74) is 0.875. The molecule has 1 saturated carbocycles. The summed E-state index contributed by atoms with van der Waals surface area (Å²) in [6, 6.07) is 10.9. The Morgan fingerprint density at radius 3 is 2.48 bits per heavy atom. The topological polar surface area (TPSA) is 104 Å². The number of amides is 3. The van der Waals surface area contributed by atoms with Crippen molar-refractivity contribution in [3.63, 3.8) is 0 Å². The highest BCUT2D eigenvalue weighted by molar-refractivity contribution is 6.39. The molecule has 2 aromatic rings. The van der Waals surface area contributed by atoms with Gasteiger partial charge in [-0.15, -0.1) is 0 Å². The smallest absolute Gasteiger partial charge is 0.306 e. The number of carboxylic acid groups (broad SMARTS) is 1. The molecule has 0 bridgehead atoms. The van der Waals surface area contributed by atoms with Crippen LogP contribution < -0.4 is 10.2 Å². The van der Waals surface area contributed by atoms with Gasteiger partial charge in [-0.1, -0.05) is 36.6 Å². The van der Waals surface area contributed by atoms with Crippen molar-refractivity contribution in [2.24, 2.45) is 11.8 Å². The standard InChI is InChI=1S/C23H21ClN2O5/c24-18-7-3-4-8-19(18)26-21(28)16-10-9-13(11-17(16)22(26)29)20(27)25-12-14-5-1-2-6-15(14)23(30)31/h3-4,7-11,14-15H,1-2,5-6,12H2,(H,25,27)(H,30,31)/t14-,15-/m0/s1. The molecule has 2 N–H and O–H groups in total. The predicted octanol–water partition coefficient (Wildman–Crippen LogP) is 3.76. The second-order valence-electron chi connectivity index (χ2n) is 7.86. The number of anilines is 1. The highest BCUT2D eigenvalue weighted by Crippen LogP contribution is 2.33. The van der Waals surface area contributed by atoms with Gasteiger partial charge >= 0.3 is 5.97 Å². The molecule has 0 radical (unpaired) electrons. The van der Waals surface area contributed by atoms with E-state index in [1.54, 1.807) is 24.3 Å². The Balaban J connectivity index is 1.51. The Bertz CT molecular complexity index is 1080. The molecule has 7 nitrogen and oxygen atoms in total. The van der Waals surface area contributed by atoms with Crippen molar-refractivity contribution < 1.29 is 24.3 Å². The number of nitrogens with zero attached hydrogens (tertiary/aromatic N) is 1. The molecule has 3 amide bonds. The maximum atomic E-state index is 12.9. The highest BCUT2D eigenvalue weighted by atomic mass is 35.5. The van der Waals surface area contributed by atoms with Crippen LogP contribution in [-0.2, 0) is 4.79 Å². The van der Waals surface area contributed by atoms with Crippen molar-refractivity contribution in [1.82, 2.24) is 5.32 Å². The van der Waals surface area contributed by atoms with E-state index < -0.39 is 29.6 Å². The van der Waals surface area contributed by atoms with Crippen molar-refractivity contribution in [1.29, 1.82) is 0 Å². The van der Waals surface area contributed by atoms with E-state index in [-0.39, 0.29) is 34.2 Å². The van der Waals surface area contributed by atoms with Crippen molar-refractivity contribution in [2.45, 2.75) is 25.7 Å². The molecule has 1 heterocycles. The quantitative estimate of drug-likeness (QED) is 0.689. The van der Waals surface area contributed by atoms with Gasteiger partial charge in [-0.25, -0.2) is 4.90 Å². The number of imide groups is 1. The maximum absolute atomic E-state index is 12.9. The lowest BCUT2D eigenvalue weighted by Crippen LogP contribution is -2.37. The van der Waals surface area contributed by atoms with Gasteiger partial charge in [-0.05, 0) is 49.1 Å². The molecule has 2 aromatic carbocycles. The lowest BCUT2D eigenvalue weighted by molar-refractivity contribution is -0.144. The van der Waals surface area contributed by atoms with E-state index in [0.29, 0.717) is 12.1 Å². The number of halogens is 1. The van der Waals surface area contributed by atoms with E-state index in [9.17, 15) is 24.3 Å². The third kappa shape index (κ3) is 3.93. The number of hydrogen-bond donors (Lipinski definition) is 2. The van der Waals surface area contributed by atoms with Crippen molar-refractivity contribution in [2.75, 3.05) is 11.4 Å². The van der Waals surface area contributed by atoms with Gasteiger partial charge < -0.3 is 10.4 Å². The molecule has 1 aliphatic carbocycles. The van der Waals surface area contributed by atoms with Crippen LogP contribution in [-0.4, -0.2) is 35.3 Å². The third-order valence-corrected chi connectivity index (χ3v) is 6.31. The second kappa shape index (κ2) is 8.51. The van der Waals surface area contributed by atoms with Gasteiger partial charge in [0.25, 0.3) is 17.7 Å². The van der Waals surface area contributed by atoms with Gasteiger partial charge in [0, 0.05) is 12.1 Å². The first-order valence-corrected chi connectivity index (χ1v) is 10.5. The first-order chi connectivity index (χ1) is 14.9. The molecule has 0 saturated heterocycles. The monoisotopic (exact) mass is 440 g/mol. The molecule has 8 heteroatoms. The van der Waals surface area contributed by atoms with Crippen LogP contribution in [0.1, 0.15) is 56.8 Å². The van der Waals surface area contributed by atoms with Crippen LogP contribution in [0.2, 0.25) is 5.02 Å². The first kappa shape index (κ1) is 21.1. The van der Waals surface area contributed by atoms with Crippen molar-refractivity contribution in [3.05, 3.63) is 64.2 Å². The Morgan fingerprint density at radius 2 is 1.74 bits per heavy atom. The van der Waals surface area contributed by atoms with Crippen LogP contribution in [0.4, 0.5) is 5.69 Å². The molecule has 1 fully saturated rings. The summed E-state index contributed by atoms with van der Waals surface area (Å²) >= 11 is 6.16. The van der Waals surface area contributed by atoms with E-state index in [4.69, 9.17) is 11.6 Å². The fraction of sp³-hybridized carbons (Fsp3) is 0.304. The fourth-order valence-corrected chi connectivity index (χ4v) is 4.56. The molecule has 0 unspecified atom stereocenters. The van der Waals surface area contributed by atoms with Crippen LogP contribution >= 0.6 is 11.6 Å². The number of benzene rings is 2. The van der Waals surface area contributed by atoms with Crippen molar-refractivity contribution >= 4 is 41.0 Å². The van der Waals surface area contributed by atoms with Crippen molar-refractivity contribution in [3.8, 4) is 0 Å². The molecule has 2 atom stereocenters. The molecule has 2 aliphatic rings. The average Bonchev–Trinajstić information content (AvgIpc) is 3.02. The van der Waals surface area contributed by atoms with Crippen LogP contribution in [0.25, 0.3) is 0 Å². The zero-order valence-electron chi connectivity index (χ0n) is 16.6. The minimum absolute atomic E-state index is 0.122. The molecular formula is C23H21ClN2O5. The van der Waals surface area contributed by atoms with Crippen LogP contribution in [0, 0.1) is 11.8 Å². The Morgan fingerprint density at radius 1 is 1.03 bits per heavy atom. The van der Waals surface area contributed by atoms with Gasteiger partial charge in [-0.2, -0.15) is 0 Å². The Labute approximate surface area is 184 Å². The molecule has 31 heavy (non-hydrogen) atoms. The normalized spacial score (nSPS) is 20.5. The summed E-state index contributed by atoms with van der Waals surface area (Å²) in [6.45, 7) is 0.255. The summed E-state index contributed by atoms with van der Waals surface area (Å²) in [5, 5.41) is 12.5. The van der Waals surface area contributed by atoms with E-state index in [2.05, 4.69) is 5.32 Å². The van der Waals surface area contributed by atoms with E-state index in [1.165, 1.54) is 18.2 Å². The largest absolute Gasteiger partial charge is 0.481 e. The first-order valence-electron chi connectivity index (χ1n) is 10.2. The molecule has 0 aromatic heterocycles. The number of nitrogens with one attached hydrogen (secondary N) is 1. The Kier molecular flexibility index (Phi) is 5.78. The molecule has 0 spiro atoms. The van der Waals surface area contributed by atoms with Gasteiger partial charge in [0.15, 0.2) is 0 Å². The number of rotatable bonds is 5. The maximum Gasteiger partial charge on any atom is 0.306 e. The summed E-state index contributed by atoms with van der Waals surface area (Å²) < 4.78 is 0. The number of aliphatic carboxylic acids is 1. The number of para-hydroxylation sites is 1. The predicted molar refractivity (Wildman–Crippen MR) is 114 cm³/mol. The minimum Gasteiger partial charge on any atom is -0.481 e. The van der Waals surface area contributed by atoms with Crippen LogP contribution in [0.3, 0.4) is 0 Å². The second-order valence-corrected chi connectivity index (χ2v) is 8.26. The van der Waals surface area contributed by atoms with E-state index in [0.717, 1.165) is 24.2 Å².